The molecule has 3 heterocycles. The molecule has 0 unspecified atom stereocenters. The lowest BCUT2D eigenvalue weighted by molar-refractivity contribution is 0.0989. The van der Waals surface area contributed by atoms with E-state index in [1.54, 1.807) is 10.7 Å². The van der Waals surface area contributed by atoms with Crippen molar-refractivity contribution in [2.75, 3.05) is 4.90 Å². The van der Waals surface area contributed by atoms with E-state index in [1.807, 2.05) is 55.6 Å². The van der Waals surface area contributed by atoms with Gasteiger partial charge in [-0.05, 0) is 32.0 Å². The predicted octanol–water partition coefficient (Wildman–Crippen LogP) is 3.18. The molecule has 0 N–H and O–H groups in total. The van der Waals surface area contributed by atoms with Gasteiger partial charge >= 0.3 is 5.91 Å². The lowest BCUT2D eigenvalue weighted by Gasteiger charge is -2.18. The van der Waals surface area contributed by atoms with Crippen LogP contribution in [0.15, 0.2) is 48.0 Å². The van der Waals surface area contributed by atoms with Crippen molar-refractivity contribution in [1.29, 1.82) is 0 Å². The topological polar surface area (TPSA) is 76.3 Å². The first-order valence-electron chi connectivity index (χ1n) is 7.63. The number of nitrogens with zero attached hydrogens (tertiary/aromatic N) is 6. The van der Waals surface area contributed by atoms with Crippen LogP contribution in [0.5, 0.6) is 0 Å². The Hall–Kier alpha value is -3.13. The van der Waals surface area contributed by atoms with E-state index in [1.165, 1.54) is 16.2 Å². The Morgan fingerprint density at radius 2 is 1.92 bits per heavy atom. The maximum absolute atomic E-state index is 13.2. The first-order valence-corrected chi connectivity index (χ1v) is 8.51. The average molecular weight is 350 g/mol. The normalized spacial score (nSPS) is 11.0. The number of amides is 1. The molecule has 0 bridgehead atoms. The summed E-state index contributed by atoms with van der Waals surface area (Å²) < 4.78 is 1.56. The number of hydrogen-bond donors (Lipinski definition) is 0. The van der Waals surface area contributed by atoms with Gasteiger partial charge in [-0.3, -0.25) is 4.79 Å². The van der Waals surface area contributed by atoms with Crippen LogP contribution in [0.2, 0.25) is 0 Å². The number of aromatic nitrogens is 5. The summed E-state index contributed by atoms with van der Waals surface area (Å²) >= 11 is 1.40. The van der Waals surface area contributed by atoms with Crippen molar-refractivity contribution in [3.05, 3.63) is 65.2 Å². The van der Waals surface area contributed by atoms with Gasteiger partial charge in [-0.25, -0.2) is 19.4 Å². The van der Waals surface area contributed by atoms with E-state index in [-0.39, 0.29) is 11.7 Å². The fraction of sp³-hybridized carbons (Fsp3) is 0.118. The van der Waals surface area contributed by atoms with Gasteiger partial charge in [0.15, 0.2) is 5.13 Å². The Labute approximate surface area is 147 Å². The Morgan fingerprint density at radius 1 is 1.12 bits per heavy atom. The number of anilines is 2. The molecule has 1 amide bonds. The van der Waals surface area contributed by atoms with Crippen LogP contribution in [-0.2, 0) is 0 Å². The largest absolute Gasteiger partial charge is 0.304 e. The van der Waals surface area contributed by atoms with Crippen molar-refractivity contribution in [3.8, 4) is 0 Å². The Kier molecular flexibility index (Phi) is 3.73. The molecule has 0 radical (unpaired) electrons. The van der Waals surface area contributed by atoms with Crippen molar-refractivity contribution < 1.29 is 4.79 Å². The molecule has 0 spiro atoms. The first-order chi connectivity index (χ1) is 12.1. The summed E-state index contributed by atoms with van der Waals surface area (Å²) in [6, 6.07) is 11.2. The van der Waals surface area contributed by atoms with Gasteiger partial charge in [0.2, 0.25) is 5.82 Å². The summed E-state index contributed by atoms with van der Waals surface area (Å²) in [4.78, 5) is 27.6. The molecular weight excluding hydrogens is 336 g/mol. The van der Waals surface area contributed by atoms with E-state index >= 15 is 0 Å². The second-order valence-corrected chi connectivity index (χ2v) is 6.32. The van der Waals surface area contributed by atoms with Crippen LogP contribution in [0.1, 0.15) is 22.0 Å². The molecule has 0 aliphatic rings. The zero-order valence-electron chi connectivity index (χ0n) is 13.6. The number of hydrogen-bond acceptors (Lipinski definition) is 6. The number of fused-ring (bicyclic) bond motifs is 1. The summed E-state index contributed by atoms with van der Waals surface area (Å²) in [5.74, 6) is 0.135. The fourth-order valence-corrected chi connectivity index (χ4v) is 3.25. The number of thiazole rings is 1. The molecule has 4 aromatic rings. The smallest absolute Gasteiger partial charge is 0.264 e. The van der Waals surface area contributed by atoms with Gasteiger partial charge in [0, 0.05) is 17.3 Å². The van der Waals surface area contributed by atoms with Gasteiger partial charge in [0.05, 0.1) is 11.4 Å². The van der Waals surface area contributed by atoms with E-state index in [0.29, 0.717) is 16.6 Å². The highest BCUT2D eigenvalue weighted by Gasteiger charge is 2.26. The Bertz CT molecular complexity index is 1060. The zero-order chi connectivity index (χ0) is 17.4. The lowest BCUT2D eigenvalue weighted by Crippen LogP contribution is -2.27. The van der Waals surface area contributed by atoms with Gasteiger partial charge in [0.25, 0.3) is 5.78 Å². The predicted molar refractivity (Wildman–Crippen MR) is 95.3 cm³/mol. The third-order valence-electron chi connectivity index (χ3n) is 3.64. The molecule has 4 rings (SSSR count). The van der Waals surface area contributed by atoms with Crippen LogP contribution in [-0.4, -0.2) is 30.5 Å². The van der Waals surface area contributed by atoms with Crippen molar-refractivity contribution in [1.82, 2.24) is 24.6 Å². The summed E-state index contributed by atoms with van der Waals surface area (Å²) in [7, 11) is 0. The third-order valence-corrected chi connectivity index (χ3v) is 4.58. The molecule has 8 heteroatoms. The molecule has 7 nitrogen and oxygen atoms in total. The molecule has 0 atom stereocenters. The number of carbonyl (C=O) groups excluding carboxylic acids is 1. The van der Waals surface area contributed by atoms with Crippen LogP contribution in [0.4, 0.5) is 10.8 Å². The average Bonchev–Trinajstić information content (AvgIpc) is 3.23. The molecule has 0 fully saturated rings. The van der Waals surface area contributed by atoms with Crippen LogP contribution in [0, 0.1) is 13.8 Å². The van der Waals surface area contributed by atoms with Gasteiger partial charge in [0.1, 0.15) is 0 Å². The minimum Gasteiger partial charge on any atom is -0.264 e. The highest BCUT2D eigenvalue weighted by molar-refractivity contribution is 7.14. The molecular formula is C17H14N6OS. The number of rotatable bonds is 3. The SMILES string of the molecule is Cc1csc(N(C(=O)c2nc3nccc(C)n3n2)c2ccccc2)n1. The van der Waals surface area contributed by atoms with Crippen LogP contribution < -0.4 is 4.90 Å². The molecule has 0 aliphatic carbocycles. The van der Waals surface area contributed by atoms with Crippen molar-refractivity contribution in [2.45, 2.75) is 13.8 Å². The maximum atomic E-state index is 13.2. The van der Waals surface area contributed by atoms with Gasteiger partial charge in [-0.2, -0.15) is 4.98 Å². The second kappa shape index (κ2) is 6.06. The molecule has 3 aromatic heterocycles. The minimum atomic E-state index is -0.342. The molecule has 25 heavy (non-hydrogen) atoms. The molecule has 124 valence electrons. The Morgan fingerprint density at radius 3 is 2.60 bits per heavy atom. The van der Waals surface area contributed by atoms with Crippen molar-refractivity contribution >= 4 is 33.8 Å². The van der Waals surface area contributed by atoms with Crippen molar-refractivity contribution in [3.63, 3.8) is 0 Å². The third kappa shape index (κ3) is 2.76. The Balaban J connectivity index is 1.83. The monoisotopic (exact) mass is 350 g/mol. The second-order valence-electron chi connectivity index (χ2n) is 5.48. The number of aryl methyl sites for hydroxylation is 2. The zero-order valence-corrected chi connectivity index (χ0v) is 14.4. The maximum Gasteiger partial charge on any atom is 0.304 e. The summed E-state index contributed by atoms with van der Waals surface area (Å²) in [5, 5.41) is 6.80. The quantitative estimate of drug-likeness (QED) is 0.567. The molecule has 0 saturated carbocycles. The van der Waals surface area contributed by atoms with Gasteiger partial charge < -0.3 is 0 Å². The molecule has 0 saturated heterocycles. The molecule has 1 aromatic carbocycles. The minimum absolute atomic E-state index is 0.0820. The number of para-hydroxylation sites is 1. The van der Waals surface area contributed by atoms with Crippen molar-refractivity contribution in [2.24, 2.45) is 0 Å². The van der Waals surface area contributed by atoms with E-state index < -0.39 is 0 Å². The van der Waals surface area contributed by atoms with E-state index in [9.17, 15) is 4.79 Å². The molecule has 0 aliphatic heterocycles. The van der Waals surface area contributed by atoms with E-state index in [4.69, 9.17) is 0 Å². The van der Waals surface area contributed by atoms with Crippen LogP contribution in [0.25, 0.3) is 5.78 Å². The standard InChI is InChI=1S/C17H14N6OS/c1-11-10-25-17(19-11)22(13-6-4-3-5-7-13)15(24)14-20-16-18-9-8-12(2)23(16)21-14/h3-10H,1-2H3. The summed E-state index contributed by atoms with van der Waals surface area (Å²) in [6.07, 6.45) is 1.65. The summed E-state index contributed by atoms with van der Waals surface area (Å²) in [5.41, 5.74) is 2.42. The van der Waals surface area contributed by atoms with Crippen LogP contribution in [0.3, 0.4) is 0 Å². The highest BCUT2D eigenvalue weighted by Crippen LogP contribution is 2.29. The van der Waals surface area contributed by atoms with E-state index in [0.717, 1.165) is 11.4 Å². The van der Waals surface area contributed by atoms with E-state index in [2.05, 4.69) is 20.1 Å². The number of carbonyl (C=O) groups is 1. The van der Waals surface area contributed by atoms with Gasteiger partial charge in [-0.15, -0.1) is 16.4 Å². The highest BCUT2D eigenvalue weighted by atomic mass is 32.1. The van der Waals surface area contributed by atoms with Gasteiger partial charge in [-0.1, -0.05) is 18.2 Å². The van der Waals surface area contributed by atoms with Crippen LogP contribution >= 0.6 is 11.3 Å². The number of benzene rings is 1. The summed E-state index contributed by atoms with van der Waals surface area (Å²) in [6.45, 7) is 3.78. The fourth-order valence-electron chi connectivity index (χ4n) is 2.43. The lowest BCUT2D eigenvalue weighted by atomic mass is 10.3. The first kappa shape index (κ1) is 15.4.